The molecule has 0 aromatic heterocycles. The Bertz CT molecular complexity index is 363. The van der Waals surface area contributed by atoms with Crippen molar-refractivity contribution in [2.45, 2.75) is 18.4 Å². The zero-order valence-corrected chi connectivity index (χ0v) is 7.61. The smallest absolute Gasteiger partial charge is 0.137 e. The Labute approximate surface area is 80.1 Å². The van der Waals surface area contributed by atoms with Crippen LogP contribution >= 0.6 is 11.6 Å². The standard InChI is InChI=1S/C9H9ClFNO/c10-6-3-5(9(12)1-2-9)7(11)4-8(6)13/h3-4,13H,1-2,12H2. The predicted octanol–water partition coefficient (Wildman–Crippen LogP) is 2.13. The van der Waals surface area contributed by atoms with Crippen molar-refractivity contribution in [1.82, 2.24) is 0 Å². The van der Waals surface area contributed by atoms with E-state index in [0.29, 0.717) is 5.56 Å². The monoisotopic (exact) mass is 201 g/mol. The molecular formula is C9H9ClFNO. The van der Waals surface area contributed by atoms with Crippen molar-refractivity contribution < 1.29 is 9.50 Å². The summed E-state index contributed by atoms with van der Waals surface area (Å²) in [6.07, 6.45) is 1.54. The molecule has 1 aromatic rings. The number of phenols is 1. The van der Waals surface area contributed by atoms with Crippen LogP contribution in [-0.4, -0.2) is 5.11 Å². The molecule has 0 aliphatic heterocycles. The van der Waals surface area contributed by atoms with Gasteiger partial charge in [-0.25, -0.2) is 4.39 Å². The van der Waals surface area contributed by atoms with E-state index in [1.165, 1.54) is 6.07 Å². The molecule has 1 saturated carbocycles. The van der Waals surface area contributed by atoms with E-state index in [0.717, 1.165) is 18.9 Å². The van der Waals surface area contributed by atoms with Crippen LogP contribution in [0.25, 0.3) is 0 Å². The SMILES string of the molecule is NC1(c2cc(Cl)c(O)cc2F)CC1. The maximum Gasteiger partial charge on any atom is 0.137 e. The van der Waals surface area contributed by atoms with E-state index in [9.17, 15) is 4.39 Å². The fraction of sp³-hybridized carbons (Fsp3) is 0.333. The van der Waals surface area contributed by atoms with Crippen LogP contribution in [0, 0.1) is 5.82 Å². The molecule has 0 amide bonds. The number of benzene rings is 1. The van der Waals surface area contributed by atoms with Crippen LogP contribution in [0.1, 0.15) is 18.4 Å². The van der Waals surface area contributed by atoms with Gasteiger partial charge < -0.3 is 10.8 Å². The topological polar surface area (TPSA) is 46.2 Å². The number of aromatic hydroxyl groups is 1. The Balaban J connectivity index is 2.52. The van der Waals surface area contributed by atoms with Gasteiger partial charge in [0.15, 0.2) is 0 Å². The van der Waals surface area contributed by atoms with Crippen LogP contribution in [0.3, 0.4) is 0 Å². The van der Waals surface area contributed by atoms with Gasteiger partial charge in [-0.05, 0) is 18.9 Å². The summed E-state index contributed by atoms with van der Waals surface area (Å²) in [6.45, 7) is 0. The Morgan fingerprint density at radius 3 is 2.62 bits per heavy atom. The molecule has 1 fully saturated rings. The Morgan fingerprint density at radius 2 is 2.08 bits per heavy atom. The summed E-state index contributed by atoms with van der Waals surface area (Å²) in [5, 5.41) is 9.24. The van der Waals surface area contributed by atoms with Gasteiger partial charge in [0.1, 0.15) is 11.6 Å². The molecule has 0 unspecified atom stereocenters. The minimum atomic E-state index is -0.554. The minimum absolute atomic E-state index is 0.146. The van der Waals surface area contributed by atoms with Crippen LogP contribution in [0.4, 0.5) is 4.39 Å². The quantitative estimate of drug-likeness (QED) is 0.731. The molecule has 0 heterocycles. The molecule has 1 aliphatic rings. The maximum absolute atomic E-state index is 13.3. The molecular weight excluding hydrogens is 193 g/mol. The van der Waals surface area contributed by atoms with E-state index in [1.54, 1.807) is 0 Å². The Morgan fingerprint density at radius 1 is 1.46 bits per heavy atom. The summed E-state index contributed by atoms with van der Waals surface area (Å²) < 4.78 is 13.3. The summed E-state index contributed by atoms with van der Waals surface area (Å²) in [5.74, 6) is -0.728. The first-order valence-corrected chi connectivity index (χ1v) is 4.38. The highest BCUT2D eigenvalue weighted by atomic mass is 35.5. The molecule has 3 N–H and O–H groups in total. The summed E-state index contributed by atoms with van der Waals surface area (Å²) in [6, 6.07) is 2.41. The van der Waals surface area contributed by atoms with Crippen LogP contribution in [0.5, 0.6) is 5.75 Å². The van der Waals surface area contributed by atoms with Crippen molar-refractivity contribution in [3.8, 4) is 5.75 Å². The zero-order chi connectivity index (χ0) is 9.64. The molecule has 1 aliphatic carbocycles. The molecule has 4 heteroatoms. The minimum Gasteiger partial charge on any atom is -0.506 e. The second-order valence-corrected chi connectivity index (χ2v) is 3.85. The van der Waals surface area contributed by atoms with E-state index < -0.39 is 11.4 Å². The van der Waals surface area contributed by atoms with Crippen molar-refractivity contribution in [3.63, 3.8) is 0 Å². The number of hydrogen-bond donors (Lipinski definition) is 2. The number of hydrogen-bond acceptors (Lipinski definition) is 2. The first-order valence-electron chi connectivity index (χ1n) is 4.00. The summed E-state index contributed by atoms with van der Waals surface area (Å²) in [7, 11) is 0. The van der Waals surface area contributed by atoms with Gasteiger partial charge in [0.25, 0.3) is 0 Å². The Kier molecular flexibility index (Phi) is 1.75. The van der Waals surface area contributed by atoms with Crippen molar-refractivity contribution in [3.05, 3.63) is 28.5 Å². The summed E-state index contributed by atoms with van der Waals surface area (Å²) in [4.78, 5) is 0. The lowest BCUT2D eigenvalue weighted by atomic mass is 10.1. The molecule has 2 nitrogen and oxygen atoms in total. The van der Waals surface area contributed by atoms with E-state index in [4.69, 9.17) is 22.4 Å². The van der Waals surface area contributed by atoms with Crippen molar-refractivity contribution in [1.29, 1.82) is 0 Å². The van der Waals surface area contributed by atoms with E-state index in [2.05, 4.69) is 0 Å². The average molecular weight is 202 g/mol. The van der Waals surface area contributed by atoms with Crippen molar-refractivity contribution in [2.24, 2.45) is 5.73 Å². The number of nitrogens with two attached hydrogens (primary N) is 1. The van der Waals surface area contributed by atoms with Crippen LogP contribution in [0.15, 0.2) is 12.1 Å². The van der Waals surface area contributed by atoms with Gasteiger partial charge in [-0.15, -0.1) is 0 Å². The normalized spacial score (nSPS) is 18.7. The lowest BCUT2D eigenvalue weighted by molar-refractivity contribution is 0.466. The van der Waals surface area contributed by atoms with Gasteiger partial charge in [-0.2, -0.15) is 0 Å². The zero-order valence-electron chi connectivity index (χ0n) is 6.85. The van der Waals surface area contributed by atoms with Gasteiger partial charge in [-0.1, -0.05) is 11.6 Å². The molecule has 0 atom stereocenters. The molecule has 0 saturated heterocycles. The fourth-order valence-electron chi connectivity index (χ4n) is 1.32. The van der Waals surface area contributed by atoms with Crippen LogP contribution in [-0.2, 0) is 5.54 Å². The number of halogens is 2. The first kappa shape index (κ1) is 8.78. The largest absolute Gasteiger partial charge is 0.506 e. The molecule has 13 heavy (non-hydrogen) atoms. The van der Waals surface area contributed by atoms with Gasteiger partial charge in [0.05, 0.1) is 5.02 Å². The van der Waals surface area contributed by atoms with E-state index >= 15 is 0 Å². The molecule has 0 bridgehead atoms. The summed E-state index contributed by atoms with van der Waals surface area (Å²) >= 11 is 5.65. The second-order valence-electron chi connectivity index (χ2n) is 3.44. The highest BCUT2D eigenvalue weighted by Crippen LogP contribution is 2.45. The lowest BCUT2D eigenvalue weighted by Gasteiger charge is -2.11. The third kappa shape index (κ3) is 1.38. The Hall–Kier alpha value is -0.800. The molecule has 0 radical (unpaired) electrons. The lowest BCUT2D eigenvalue weighted by Crippen LogP contribution is -2.20. The van der Waals surface area contributed by atoms with E-state index in [-0.39, 0.29) is 10.8 Å². The second kappa shape index (κ2) is 2.59. The van der Waals surface area contributed by atoms with Crippen LogP contribution < -0.4 is 5.73 Å². The molecule has 0 spiro atoms. The van der Waals surface area contributed by atoms with Gasteiger partial charge in [0.2, 0.25) is 0 Å². The van der Waals surface area contributed by atoms with Gasteiger partial charge >= 0.3 is 0 Å². The third-order valence-corrected chi connectivity index (χ3v) is 2.66. The number of rotatable bonds is 1. The highest BCUT2D eigenvalue weighted by Gasteiger charge is 2.42. The van der Waals surface area contributed by atoms with Gasteiger partial charge in [0, 0.05) is 17.2 Å². The predicted molar refractivity (Wildman–Crippen MR) is 48.2 cm³/mol. The molecule has 70 valence electrons. The van der Waals surface area contributed by atoms with Crippen molar-refractivity contribution in [2.75, 3.05) is 0 Å². The third-order valence-electron chi connectivity index (χ3n) is 2.36. The first-order chi connectivity index (χ1) is 6.03. The average Bonchev–Trinajstić information content (AvgIpc) is 2.77. The summed E-state index contributed by atoms with van der Waals surface area (Å²) in [5.41, 5.74) is 5.65. The van der Waals surface area contributed by atoms with Crippen LogP contribution in [0.2, 0.25) is 5.02 Å². The van der Waals surface area contributed by atoms with E-state index in [1.807, 2.05) is 0 Å². The number of phenolic OH excluding ortho intramolecular Hbond substituents is 1. The molecule has 2 rings (SSSR count). The maximum atomic E-state index is 13.3. The fourth-order valence-corrected chi connectivity index (χ4v) is 1.49. The van der Waals surface area contributed by atoms with Crippen molar-refractivity contribution >= 4 is 11.6 Å². The highest BCUT2D eigenvalue weighted by molar-refractivity contribution is 6.32. The molecule has 1 aromatic carbocycles. The van der Waals surface area contributed by atoms with Gasteiger partial charge in [-0.3, -0.25) is 0 Å².